The van der Waals surface area contributed by atoms with E-state index >= 15 is 0 Å². The number of rotatable bonds is 21. The number of unbranched alkanes of at least 4 members (excludes halogenated alkanes) is 16. The molecule has 1 aromatic carbocycles. The van der Waals surface area contributed by atoms with E-state index in [1.54, 1.807) is 0 Å². The third kappa shape index (κ3) is 13.3. The first-order chi connectivity index (χ1) is 16.8. The zero-order valence-corrected chi connectivity index (χ0v) is 22.5. The lowest BCUT2D eigenvalue weighted by molar-refractivity contribution is 0.544. The first-order valence-corrected chi connectivity index (χ1v) is 14.7. The number of aryl methyl sites for hydroxylation is 2. The highest BCUT2D eigenvalue weighted by molar-refractivity contribution is 5.55. The Morgan fingerprint density at radius 2 is 0.824 bits per heavy atom. The van der Waals surface area contributed by atoms with Gasteiger partial charge in [-0.2, -0.15) is 0 Å². The van der Waals surface area contributed by atoms with E-state index in [9.17, 15) is 0 Å². The van der Waals surface area contributed by atoms with E-state index in [0.29, 0.717) is 0 Å². The number of nitrogens with zero attached hydrogens (tertiary/aromatic N) is 2. The van der Waals surface area contributed by atoms with Crippen LogP contribution in [0.1, 0.15) is 141 Å². The van der Waals surface area contributed by atoms with Gasteiger partial charge in [0.15, 0.2) is 5.82 Å². The molecule has 0 N–H and O–H groups in total. The molecule has 0 saturated heterocycles. The molecule has 0 aliphatic rings. The van der Waals surface area contributed by atoms with Crippen LogP contribution in [0.3, 0.4) is 0 Å². The zero-order chi connectivity index (χ0) is 24.1. The molecule has 0 unspecified atom stereocenters. The number of hydrogen-bond acceptors (Lipinski definition) is 2. The van der Waals surface area contributed by atoms with Crippen LogP contribution in [0.2, 0.25) is 0 Å². The molecule has 2 aromatic rings. The molecule has 0 radical (unpaired) electrons. The fourth-order valence-corrected chi connectivity index (χ4v) is 4.73. The van der Waals surface area contributed by atoms with Crippen molar-refractivity contribution >= 4 is 0 Å². The van der Waals surface area contributed by atoms with Gasteiger partial charge >= 0.3 is 0 Å². The Morgan fingerprint density at radius 1 is 0.441 bits per heavy atom. The Balaban J connectivity index is 1.54. The summed E-state index contributed by atoms with van der Waals surface area (Å²) in [6.45, 7) is 4.56. The zero-order valence-electron chi connectivity index (χ0n) is 22.5. The Hall–Kier alpha value is -1.70. The molecule has 2 nitrogen and oxygen atoms in total. The van der Waals surface area contributed by atoms with Gasteiger partial charge in [-0.25, -0.2) is 9.97 Å². The van der Waals surface area contributed by atoms with E-state index in [1.165, 1.54) is 133 Å². The first-order valence-electron chi connectivity index (χ1n) is 14.7. The molecule has 1 aromatic heterocycles. The summed E-state index contributed by atoms with van der Waals surface area (Å²) in [5.41, 5.74) is 3.84. The van der Waals surface area contributed by atoms with Gasteiger partial charge < -0.3 is 0 Å². The average Bonchev–Trinajstić information content (AvgIpc) is 2.87. The highest BCUT2D eigenvalue weighted by Gasteiger charge is 2.03. The van der Waals surface area contributed by atoms with E-state index in [2.05, 4.69) is 48.1 Å². The van der Waals surface area contributed by atoms with Gasteiger partial charge in [0.2, 0.25) is 0 Å². The standard InChI is InChI=1S/C32H52N2/c1-3-5-7-9-11-12-13-14-15-16-18-19-21-29-23-25-31(26-24-29)32-33-27-30(28-34-32)22-20-17-10-8-6-4-2/h23-28H,3-22H2,1-2H3. The molecule has 0 atom stereocenters. The summed E-state index contributed by atoms with van der Waals surface area (Å²) in [6, 6.07) is 8.92. The van der Waals surface area contributed by atoms with Crippen molar-refractivity contribution < 1.29 is 0 Å². The minimum Gasteiger partial charge on any atom is -0.236 e. The molecule has 2 rings (SSSR count). The van der Waals surface area contributed by atoms with Gasteiger partial charge in [0, 0.05) is 18.0 Å². The van der Waals surface area contributed by atoms with Crippen molar-refractivity contribution in [3.63, 3.8) is 0 Å². The highest BCUT2D eigenvalue weighted by Crippen LogP contribution is 2.18. The molecular weight excluding hydrogens is 412 g/mol. The van der Waals surface area contributed by atoms with E-state index < -0.39 is 0 Å². The monoisotopic (exact) mass is 464 g/mol. The van der Waals surface area contributed by atoms with Crippen LogP contribution in [0.4, 0.5) is 0 Å². The topological polar surface area (TPSA) is 25.8 Å². The molecule has 0 saturated carbocycles. The Labute approximate surface area is 211 Å². The van der Waals surface area contributed by atoms with Gasteiger partial charge in [-0.15, -0.1) is 0 Å². The van der Waals surface area contributed by atoms with Crippen molar-refractivity contribution in [3.05, 3.63) is 47.8 Å². The second-order valence-electron chi connectivity index (χ2n) is 10.3. The molecule has 2 heteroatoms. The average molecular weight is 465 g/mol. The maximum absolute atomic E-state index is 4.63. The lowest BCUT2D eigenvalue weighted by Gasteiger charge is -2.06. The Morgan fingerprint density at radius 3 is 1.26 bits per heavy atom. The predicted molar refractivity (Wildman–Crippen MR) is 149 cm³/mol. The smallest absolute Gasteiger partial charge is 0.159 e. The van der Waals surface area contributed by atoms with E-state index in [0.717, 1.165) is 17.8 Å². The second-order valence-corrected chi connectivity index (χ2v) is 10.3. The maximum atomic E-state index is 4.63. The molecule has 34 heavy (non-hydrogen) atoms. The summed E-state index contributed by atoms with van der Waals surface area (Å²) < 4.78 is 0. The summed E-state index contributed by atoms with van der Waals surface area (Å²) in [5.74, 6) is 0.851. The van der Waals surface area contributed by atoms with E-state index in [1.807, 2.05) is 12.4 Å². The lowest BCUT2D eigenvalue weighted by atomic mass is 10.0. The number of benzene rings is 1. The molecule has 0 aliphatic carbocycles. The third-order valence-corrected chi connectivity index (χ3v) is 7.06. The van der Waals surface area contributed by atoms with Crippen LogP contribution in [-0.4, -0.2) is 9.97 Å². The van der Waals surface area contributed by atoms with Crippen molar-refractivity contribution in [1.82, 2.24) is 9.97 Å². The quantitative estimate of drug-likeness (QED) is 0.172. The molecule has 0 bridgehead atoms. The van der Waals surface area contributed by atoms with Gasteiger partial charge in [-0.05, 0) is 36.8 Å². The van der Waals surface area contributed by atoms with Crippen LogP contribution in [0.5, 0.6) is 0 Å². The van der Waals surface area contributed by atoms with Crippen molar-refractivity contribution in [2.24, 2.45) is 0 Å². The molecular formula is C32H52N2. The molecule has 190 valence electrons. The summed E-state index contributed by atoms with van der Waals surface area (Å²) in [6.07, 6.45) is 31.2. The van der Waals surface area contributed by atoms with Crippen LogP contribution >= 0.6 is 0 Å². The molecule has 0 fully saturated rings. The normalized spacial score (nSPS) is 11.2. The van der Waals surface area contributed by atoms with Gasteiger partial charge in [0.25, 0.3) is 0 Å². The van der Waals surface area contributed by atoms with Crippen LogP contribution in [0.25, 0.3) is 11.4 Å². The Bertz CT molecular complexity index is 705. The van der Waals surface area contributed by atoms with Crippen molar-refractivity contribution in [2.45, 2.75) is 142 Å². The molecule has 0 amide bonds. The van der Waals surface area contributed by atoms with Crippen LogP contribution in [-0.2, 0) is 12.8 Å². The highest BCUT2D eigenvalue weighted by atomic mass is 14.9. The van der Waals surface area contributed by atoms with E-state index in [-0.39, 0.29) is 0 Å². The van der Waals surface area contributed by atoms with Crippen LogP contribution in [0, 0.1) is 0 Å². The predicted octanol–water partition coefficient (Wildman–Crippen LogP) is 10.3. The summed E-state index contributed by atoms with van der Waals surface area (Å²) in [4.78, 5) is 9.26. The van der Waals surface area contributed by atoms with Gasteiger partial charge in [-0.1, -0.05) is 141 Å². The van der Waals surface area contributed by atoms with Crippen LogP contribution < -0.4 is 0 Å². The fraction of sp³-hybridized carbons (Fsp3) is 0.688. The number of aromatic nitrogens is 2. The van der Waals surface area contributed by atoms with Gasteiger partial charge in [0.05, 0.1) is 0 Å². The molecule has 0 spiro atoms. The molecule has 0 aliphatic heterocycles. The number of hydrogen-bond donors (Lipinski definition) is 0. The second kappa shape index (κ2) is 19.6. The summed E-state index contributed by atoms with van der Waals surface area (Å²) in [7, 11) is 0. The summed E-state index contributed by atoms with van der Waals surface area (Å²) >= 11 is 0. The van der Waals surface area contributed by atoms with Crippen LogP contribution in [0.15, 0.2) is 36.7 Å². The lowest BCUT2D eigenvalue weighted by Crippen LogP contribution is -1.94. The first kappa shape index (κ1) is 28.5. The fourth-order valence-electron chi connectivity index (χ4n) is 4.73. The minimum atomic E-state index is 0.851. The SMILES string of the molecule is CCCCCCCCCCCCCCc1ccc(-c2ncc(CCCCCCCC)cn2)cc1. The van der Waals surface area contributed by atoms with Crippen molar-refractivity contribution in [3.8, 4) is 11.4 Å². The van der Waals surface area contributed by atoms with E-state index in [4.69, 9.17) is 0 Å². The Kier molecular flexibility index (Phi) is 16.4. The largest absolute Gasteiger partial charge is 0.236 e. The third-order valence-electron chi connectivity index (χ3n) is 7.06. The summed E-state index contributed by atoms with van der Waals surface area (Å²) in [5, 5.41) is 0. The minimum absolute atomic E-state index is 0.851. The van der Waals surface area contributed by atoms with Crippen molar-refractivity contribution in [1.29, 1.82) is 0 Å². The van der Waals surface area contributed by atoms with Crippen molar-refractivity contribution in [2.75, 3.05) is 0 Å². The maximum Gasteiger partial charge on any atom is 0.159 e. The molecule has 1 heterocycles. The van der Waals surface area contributed by atoms with Gasteiger partial charge in [-0.3, -0.25) is 0 Å². The van der Waals surface area contributed by atoms with Gasteiger partial charge in [0.1, 0.15) is 0 Å².